The predicted octanol–water partition coefficient (Wildman–Crippen LogP) is 3.50. The summed E-state index contributed by atoms with van der Waals surface area (Å²) in [6.07, 6.45) is 11.9. The third-order valence-corrected chi connectivity index (χ3v) is 5.28. The molecule has 0 aromatic carbocycles. The van der Waals surface area contributed by atoms with E-state index in [9.17, 15) is 0 Å². The molecule has 1 aliphatic heterocycles. The molecule has 2 aliphatic carbocycles. The second-order valence-corrected chi connectivity index (χ2v) is 6.25. The molecule has 1 saturated heterocycles. The van der Waals surface area contributed by atoms with Crippen LogP contribution in [-0.2, 0) is 9.47 Å². The summed E-state index contributed by atoms with van der Waals surface area (Å²) in [6, 6.07) is 0. The van der Waals surface area contributed by atoms with Crippen LogP contribution in [0, 0.1) is 11.3 Å². The summed E-state index contributed by atoms with van der Waals surface area (Å²) in [5.74, 6) is 0.885. The van der Waals surface area contributed by atoms with Crippen LogP contribution in [0.5, 0.6) is 0 Å². The van der Waals surface area contributed by atoms with Gasteiger partial charge in [0.25, 0.3) is 0 Å². The molecule has 3 rings (SSSR count). The standard InChI is InChI=1S/C14H24O2/c1-14(7-3-2-4-8-14)11-5-6-12-13(9-11)16-10-15-12/h11-13H,2-10H2,1H3. The van der Waals surface area contributed by atoms with Crippen molar-refractivity contribution < 1.29 is 9.47 Å². The van der Waals surface area contributed by atoms with Crippen molar-refractivity contribution in [1.82, 2.24) is 0 Å². The largest absolute Gasteiger partial charge is 0.349 e. The highest BCUT2D eigenvalue weighted by atomic mass is 16.7. The second kappa shape index (κ2) is 4.30. The minimum absolute atomic E-state index is 0.414. The van der Waals surface area contributed by atoms with Crippen molar-refractivity contribution in [3.8, 4) is 0 Å². The van der Waals surface area contributed by atoms with Gasteiger partial charge in [-0.05, 0) is 43.4 Å². The molecule has 92 valence electrons. The molecule has 2 heteroatoms. The van der Waals surface area contributed by atoms with Crippen molar-refractivity contribution in [2.75, 3.05) is 6.79 Å². The molecule has 0 amide bonds. The summed E-state index contributed by atoms with van der Waals surface area (Å²) in [7, 11) is 0. The van der Waals surface area contributed by atoms with Crippen LogP contribution in [0.1, 0.15) is 58.3 Å². The number of ether oxygens (including phenoxy) is 2. The Bertz CT molecular complexity index is 245. The molecule has 2 saturated carbocycles. The lowest BCUT2D eigenvalue weighted by atomic mass is 9.62. The molecule has 3 fully saturated rings. The summed E-state index contributed by atoms with van der Waals surface area (Å²) in [5.41, 5.74) is 0.606. The first kappa shape index (κ1) is 11.0. The van der Waals surface area contributed by atoms with Gasteiger partial charge in [-0.25, -0.2) is 0 Å². The van der Waals surface area contributed by atoms with Crippen LogP contribution in [0.25, 0.3) is 0 Å². The van der Waals surface area contributed by atoms with Crippen molar-refractivity contribution in [2.45, 2.75) is 70.5 Å². The van der Waals surface area contributed by atoms with Crippen LogP contribution < -0.4 is 0 Å². The normalized spacial score (nSPS) is 42.9. The molecule has 2 nitrogen and oxygen atoms in total. The Kier molecular flexibility index (Phi) is 2.97. The maximum absolute atomic E-state index is 5.70. The van der Waals surface area contributed by atoms with E-state index in [1.165, 1.54) is 51.4 Å². The average Bonchev–Trinajstić information content (AvgIpc) is 2.77. The quantitative estimate of drug-likeness (QED) is 0.678. The van der Waals surface area contributed by atoms with E-state index in [0.29, 0.717) is 24.4 Å². The Morgan fingerprint density at radius 3 is 2.50 bits per heavy atom. The Labute approximate surface area is 98.7 Å². The molecular formula is C14H24O2. The minimum Gasteiger partial charge on any atom is -0.349 e. The van der Waals surface area contributed by atoms with Crippen molar-refractivity contribution in [2.24, 2.45) is 11.3 Å². The van der Waals surface area contributed by atoms with Gasteiger partial charge in [0.15, 0.2) is 0 Å². The van der Waals surface area contributed by atoms with Crippen LogP contribution in [0.4, 0.5) is 0 Å². The summed E-state index contributed by atoms with van der Waals surface area (Å²) in [5, 5.41) is 0. The van der Waals surface area contributed by atoms with Gasteiger partial charge in [0, 0.05) is 0 Å². The van der Waals surface area contributed by atoms with Crippen LogP contribution in [0.15, 0.2) is 0 Å². The van der Waals surface area contributed by atoms with Crippen molar-refractivity contribution in [3.63, 3.8) is 0 Å². The first-order valence-corrected chi connectivity index (χ1v) is 7.01. The summed E-state index contributed by atoms with van der Waals surface area (Å²) in [4.78, 5) is 0. The van der Waals surface area contributed by atoms with Crippen molar-refractivity contribution >= 4 is 0 Å². The molecule has 1 heterocycles. The fourth-order valence-electron chi connectivity index (χ4n) is 4.08. The van der Waals surface area contributed by atoms with E-state index < -0.39 is 0 Å². The summed E-state index contributed by atoms with van der Waals surface area (Å²) in [6.45, 7) is 3.06. The first-order chi connectivity index (χ1) is 7.78. The monoisotopic (exact) mass is 224 g/mol. The molecule has 0 spiro atoms. The third kappa shape index (κ3) is 1.91. The number of rotatable bonds is 1. The Morgan fingerprint density at radius 1 is 0.938 bits per heavy atom. The Hall–Kier alpha value is -0.0800. The van der Waals surface area contributed by atoms with Crippen LogP contribution >= 0.6 is 0 Å². The van der Waals surface area contributed by atoms with E-state index in [0.717, 1.165) is 5.92 Å². The van der Waals surface area contributed by atoms with Crippen LogP contribution in [0.3, 0.4) is 0 Å². The molecule has 3 atom stereocenters. The van der Waals surface area contributed by atoms with Crippen LogP contribution in [0.2, 0.25) is 0 Å². The SMILES string of the molecule is CC1(C2CCC3OCOC3C2)CCCCC1. The molecule has 3 aliphatic rings. The van der Waals surface area contributed by atoms with Gasteiger partial charge in [-0.3, -0.25) is 0 Å². The smallest absolute Gasteiger partial charge is 0.147 e. The zero-order valence-corrected chi connectivity index (χ0v) is 10.4. The zero-order valence-electron chi connectivity index (χ0n) is 10.4. The fraction of sp³-hybridized carbons (Fsp3) is 1.00. The Balaban J connectivity index is 1.66. The molecule has 0 N–H and O–H groups in total. The highest BCUT2D eigenvalue weighted by Crippen LogP contribution is 2.49. The lowest BCUT2D eigenvalue weighted by molar-refractivity contribution is 0.00931. The highest BCUT2D eigenvalue weighted by molar-refractivity contribution is 4.93. The number of hydrogen-bond donors (Lipinski definition) is 0. The Morgan fingerprint density at radius 2 is 1.69 bits per heavy atom. The third-order valence-electron chi connectivity index (χ3n) is 5.28. The zero-order chi connectivity index (χ0) is 11.0. The number of fused-ring (bicyclic) bond motifs is 1. The van der Waals surface area contributed by atoms with E-state index in [4.69, 9.17) is 9.47 Å². The molecule has 16 heavy (non-hydrogen) atoms. The van der Waals surface area contributed by atoms with Gasteiger partial charge in [0.1, 0.15) is 6.79 Å². The lowest BCUT2D eigenvalue weighted by Crippen LogP contribution is -2.39. The fourth-order valence-corrected chi connectivity index (χ4v) is 4.08. The maximum atomic E-state index is 5.70. The summed E-state index contributed by atoms with van der Waals surface area (Å²) < 4.78 is 11.3. The van der Waals surface area contributed by atoms with Crippen LogP contribution in [-0.4, -0.2) is 19.0 Å². The average molecular weight is 224 g/mol. The molecule has 0 radical (unpaired) electrons. The molecule has 0 aromatic rings. The second-order valence-electron chi connectivity index (χ2n) is 6.25. The topological polar surface area (TPSA) is 18.5 Å². The van der Waals surface area contributed by atoms with Gasteiger partial charge in [-0.2, -0.15) is 0 Å². The van der Waals surface area contributed by atoms with E-state index in [1.807, 2.05) is 0 Å². The summed E-state index contributed by atoms with van der Waals surface area (Å²) >= 11 is 0. The first-order valence-electron chi connectivity index (χ1n) is 7.01. The lowest BCUT2D eigenvalue weighted by Gasteiger charge is -2.44. The predicted molar refractivity (Wildman–Crippen MR) is 63.1 cm³/mol. The van der Waals surface area contributed by atoms with Gasteiger partial charge >= 0.3 is 0 Å². The van der Waals surface area contributed by atoms with Gasteiger partial charge in [-0.15, -0.1) is 0 Å². The van der Waals surface area contributed by atoms with Crippen molar-refractivity contribution in [3.05, 3.63) is 0 Å². The van der Waals surface area contributed by atoms with E-state index >= 15 is 0 Å². The van der Waals surface area contributed by atoms with E-state index in [2.05, 4.69) is 6.92 Å². The van der Waals surface area contributed by atoms with Gasteiger partial charge in [0.2, 0.25) is 0 Å². The maximum Gasteiger partial charge on any atom is 0.147 e. The van der Waals surface area contributed by atoms with Gasteiger partial charge < -0.3 is 9.47 Å². The van der Waals surface area contributed by atoms with Gasteiger partial charge in [-0.1, -0.05) is 26.2 Å². The van der Waals surface area contributed by atoms with Gasteiger partial charge in [0.05, 0.1) is 12.2 Å². The molecule has 3 unspecified atom stereocenters. The van der Waals surface area contributed by atoms with Crippen molar-refractivity contribution in [1.29, 1.82) is 0 Å². The number of hydrogen-bond acceptors (Lipinski definition) is 2. The minimum atomic E-state index is 0.414. The molecular weight excluding hydrogens is 200 g/mol. The molecule has 0 aromatic heterocycles. The molecule has 0 bridgehead atoms. The van der Waals surface area contributed by atoms with E-state index in [1.54, 1.807) is 0 Å². The van der Waals surface area contributed by atoms with E-state index in [-0.39, 0.29) is 0 Å². The highest BCUT2D eigenvalue weighted by Gasteiger charge is 2.43.